The smallest absolute Gasteiger partial charge is 0.258 e. The van der Waals surface area contributed by atoms with E-state index in [1.807, 2.05) is 0 Å². The molecule has 2 aromatic heterocycles. The van der Waals surface area contributed by atoms with Crippen molar-refractivity contribution in [2.45, 2.75) is 38.4 Å². The van der Waals surface area contributed by atoms with E-state index in [0.29, 0.717) is 17.0 Å². The first-order valence-corrected chi connectivity index (χ1v) is 7.43. The number of aromatic amines is 1. The Morgan fingerprint density at radius 3 is 2.75 bits per heavy atom. The number of hydrogen-bond acceptors (Lipinski definition) is 6. The van der Waals surface area contributed by atoms with Crippen molar-refractivity contribution >= 4 is 10.0 Å². The van der Waals surface area contributed by atoms with E-state index in [2.05, 4.69) is 20.1 Å². The summed E-state index contributed by atoms with van der Waals surface area (Å²) in [5, 5.41) is 18.8. The third-order valence-electron chi connectivity index (χ3n) is 2.97. The molecule has 0 fully saturated rings. The zero-order valence-electron chi connectivity index (χ0n) is 11.3. The number of aromatic nitrogens is 3. The van der Waals surface area contributed by atoms with E-state index < -0.39 is 22.7 Å². The fourth-order valence-corrected chi connectivity index (χ4v) is 3.44. The monoisotopic (exact) mass is 300 g/mol. The van der Waals surface area contributed by atoms with Crippen LogP contribution >= 0.6 is 0 Å². The van der Waals surface area contributed by atoms with Crippen molar-refractivity contribution in [2.75, 3.05) is 0 Å². The van der Waals surface area contributed by atoms with Gasteiger partial charge in [-0.15, -0.1) is 0 Å². The summed E-state index contributed by atoms with van der Waals surface area (Å²) in [5.41, 5.74) is 1.53. The van der Waals surface area contributed by atoms with Crippen LogP contribution in [0, 0.1) is 13.8 Å². The number of nitrogens with zero attached hydrogens (tertiary/aromatic N) is 2. The Kier molecular flexibility index (Phi) is 3.93. The maximum absolute atomic E-state index is 12.3. The number of sulfonamides is 1. The lowest BCUT2D eigenvalue weighted by atomic mass is 10.1. The van der Waals surface area contributed by atoms with Gasteiger partial charge in [0.2, 0.25) is 0 Å². The summed E-state index contributed by atoms with van der Waals surface area (Å²) in [6.45, 7) is 4.74. The molecule has 20 heavy (non-hydrogen) atoms. The first kappa shape index (κ1) is 14.7. The molecule has 0 spiro atoms. The van der Waals surface area contributed by atoms with Crippen LogP contribution in [0.15, 0.2) is 15.7 Å². The minimum Gasteiger partial charge on any atom is -0.392 e. The summed E-state index contributed by atoms with van der Waals surface area (Å²) in [6.07, 6.45) is 1.27. The van der Waals surface area contributed by atoms with Crippen molar-refractivity contribution in [3.8, 4) is 0 Å². The molecule has 9 heteroatoms. The van der Waals surface area contributed by atoms with Crippen LogP contribution in [0.3, 0.4) is 0 Å². The van der Waals surface area contributed by atoms with Crippen LogP contribution in [0.2, 0.25) is 0 Å². The predicted octanol–water partition coefficient (Wildman–Crippen LogP) is 0.546. The Morgan fingerprint density at radius 2 is 2.20 bits per heavy atom. The molecule has 1 atom stereocenters. The number of H-pyrrole nitrogens is 1. The Hall–Kier alpha value is -1.71. The van der Waals surface area contributed by atoms with Gasteiger partial charge < -0.3 is 9.63 Å². The number of aliphatic hydroxyl groups is 1. The summed E-state index contributed by atoms with van der Waals surface area (Å²) in [5.74, 6) is 0.560. The molecule has 3 N–H and O–H groups in total. The van der Waals surface area contributed by atoms with Gasteiger partial charge in [0.05, 0.1) is 18.5 Å². The van der Waals surface area contributed by atoms with E-state index in [4.69, 9.17) is 9.63 Å². The molecule has 0 aliphatic carbocycles. The van der Waals surface area contributed by atoms with E-state index >= 15 is 0 Å². The molecule has 0 saturated carbocycles. The van der Waals surface area contributed by atoms with Gasteiger partial charge in [0.15, 0.2) is 5.03 Å². The van der Waals surface area contributed by atoms with Gasteiger partial charge >= 0.3 is 0 Å². The molecule has 1 unspecified atom stereocenters. The molecule has 2 heterocycles. The van der Waals surface area contributed by atoms with Crippen molar-refractivity contribution in [2.24, 2.45) is 0 Å². The van der Waals surface area contributed by atoms with Crippen molar-refractivity contribution in [3.63, 3.8) is 0 Å². The van der Waals surface area contributed by atoms with Crippen LogP contribution in [0.1, 0.15) is 35.5 Å². The van der Waals surface area contributed by atoms with Gasteiger partial charge in [-0.25, -0.2) is 13.1 Å². The normalized spacial score (nSPS) is 13.6. The summed E-state index contributed by atoms with van der Waals surface area (Å²) in [7, 11) is -3.82. The minimum absolute atomic E-state index is 0.140. The molecular weight excluding hydrogens is 284 g/mol. The number of hydrogen-bond donors (Lipinski definition) is 3. The molecule has 0 aromatic carbocycles. The molecule has 2 aromatic rings. The number of aliphatic hydroxyl groups excluding tert-OH is 1. The van der Waals surface area contributed by atoms with Crippen LogP contribution in [-0.4, -0.2) is 28.9 Å². The fraction of sp³-hybridized carbons (Fsp3) is 0.455. The Balaban J connectivity index is 2.29. The molecule has 0 aliphatic rings. The maximum Gasteiger partial charge on any atom is 0.258 e. The van der Waals surface area contributed by atoms with Gasteiger partial charge in [-0.3, -0.25) is 5.10 Å². The van der Waals surface area contributed by atoms with E-state index in [1.165, 1.54) is 6.20 Å². The summed E-state index contributed by atoms with van der Waals surface area (Å²) in [4.78, 5) is 0. The zero-order valence-corrected chi connectivity index (χ0v) is 12.2. The van der Waals surface area contributed by atoms with Crippen LogP contribution in [-0.2, 0) is 16.6 Å². The average Bonchev–Trinajstić information content (AvgIpc) is 2.95. The SMILES string of the molecule is Cc1noc(C)c1C(C)NS(=O)(=O)c1[nH]ncc1CO. The second-order valence-electron chi connectivity index (χ2n) is 4.46. The van der Waals surface area contributed by atoms with E-state index in [1.54, 1.807) is 20.8 Å². The Bertz CT molecular complexity index is 684. The maximum atomic E-state index is 12.3. The van der Waals surface area contributed by atoms with Crippen LogP contribution in [0.4, 0.5) is 0 Å². The number of aryl methyl sites for hydroxylation is 2. The molecular formula is C11H16N4O4S. The molecule has 0 saturated heterocycles. The first-order chi connectivity index (χ1) is 9.36. The molecule has 110 valence electrons. The highest BCUT2D eigenvalue weighted by Gasteiger charge is 2.26. The largest absolute Gasteiger partial charge is 0.392 e. The molecule has 2 rings (SSSR count). The van der Waals surface area contributed by atoms with E-state index in [0.717, 1.165) is 0 Å². The van der Waals surface area contributed by atoms with Gasteiger partial charge in [0.25, 0.3) is 10.0 Å². The van der Waals surface area contributed by atoms with Crippen LogP contribution < -0.4 is 4.72 Å². The highest BCUT2D eigenvalue weighted by atomic mass is 32.2. The summed E-state index contributed by atoms with van der Waals surface area (Å²) in [6, 6.07) is -0.513. The molecule has 0 amide bonds. The molecule has 0 bridgehead atoms. The number of rotatable bonds is 5. The van der Waals surface area contributed by atoms with Gasteiger partial charge in [0, 0.05) is 17.2 Å². The molecule has 0 radical (unpaired) electrons. The number of nitrogens with one attached hydrogen (secondary N) is 2. The van der Waals surface area contributed by atoms with Crippen LogP contribution in [0.25, 0.3) is 0 Å². The summed E-state index contributed by atoms with van der Waals surface area (Å²) >= 11 is 0. The molecule has 0 aliphatic heterocycles. The second-order valence-corrected chi connectivity index (χ2v) is 6.11. The lowest BCUT2D eigenvalue weighted by Gasteiger charge is -2.13. The van der Waals surface area contributed by atoms with E-state index in [9.17, 15) is 8.42 Å². The second kappa shape index (κ2) is 5.35. The fourth-order valence-electron chi connectivity index (χ4n) is 2.10. The van der Waals surface area contributed by atoms with Gasteiger partial charge in [-0.05, 0) is 20.8 Å². The van der Waals surface area contributed by atoms with Gasteiger partial charge in [0.1, 0.15) is 5.76 Å². The van der Waals surface area contributed by atoms with Crippen molar-refractivity contribution in [1.29, 1.82) is 0 Å². The van der Waals surface area contributed by atoms with Gasteiger partial charge in [-0.1, -0.05) is 5.16 Å². The van der Waals surface area contributed by atoms with Crippen LogP contribution in [0.5, 0.6) is 0 Å². The lowest BCUT2D eigenvalue weighted by molar-refractivity contribution is 0.278. The third-order valence-corrected chi connectivity index (χ3v) is 4.53. The predicted molar refractivity (Wildman–Crippen MR) is 69.2 cm³/mol. The quantitative estimate of drug-likeness (QED) is 0.741. The Labute approximate surface area is 116 Å². The molecule has 8 nitrogen and oxygen atoms in total. The Morgan fingerprint density at radius 1 is 1.50 bits per heavy atom. The topological polar surface area (TPSA) is 121 Å². The third kappa shape index (κ3) is 2.60. The lowest BCUT2D eigenvalue weighted by Crippen LogP contribution is -2.28. The highest BCUT2D eigenvalue weighted by Crippen LogP contribution is 2.23. The summed E-state index contributed by atoms with van der Waals surface area (Å²) < 4.78 is 32.0. The van der Waals surface area contributed by atoms with Crippen molar-refractivity contribution in [3.05, 3.63) is 28.8 Å². The average molecular weight is 300 g/mol. The minimum atomic E-state index is -3.82. The highest BCUT2D eigenvalue weighted by molar-refractivity contribution is 7.89. The van der Waals surface area contributed by atoms with E-state index in [-0.39, 0.29) is 10.6 Å². The van der Waals surface area contributed by atoms with Gasteiger partial charge in [-0.2, -0.15) is 5.10 Å². The van der Waals surface area contributed by atoms with Crippen molar-refractivity contribution < 1.29 is 18.0 Å². The first-order valence-electron chi connectivity index (χ1n) is 5.95. The zero-order chi connectivity index (χ0) is 14.9. The standard InChI is InChI=1S/C11H16N4O4S/c1-6-10(8(3)19-14-6)7(2)15-20(17,18)11-9(5-16)4-12-13-11/h4,7,15-16H,5H2,1-3H3,(H,12,13). The van der Waals surface area contributed by atoms with Crippen molar-refractivity contribution in [1.82, 2.24) is 20.1 Å².